The van der Waals surface area contributed by atoms with Gasteiger partial charge in [-0.2, -0.15) is 0 Å². The number of pyridine rings is 2. The maximum atomic E-state index is 12.7. The van der Waals surface area contributed by atoms with Crippen molar-refractivity contribution in [3.8, 4) is 22.8 Å². The Bertz CT molecular complexity index is 1060. The summed E-state index contributed by atoms with van der Waals surface area (Å²) in [6.07, 6.45) is 4.08. The first-order valence-electron chi connectivity index (χ1n) is 10.4. The van der Waals surface area contributed by atoms with E-state index in [2.05, 4.69) is 15.3 Å². The summed E-state index contributed by atoms with van der Waals surface area (Å²) >= 11 is 0. The Morgan fingerprint density at radius 1 is 1.19 bits per heavy atom. The van der Waals surface area contributed by atoms with E-state index in [1.807, 2.05) is 24.3 Å². The van der Waals surface area contributed by atoms with Crippen molar-refractivity contribution in [2.24, 2.45) is 0 Å². The van der Waals surface area contributed by atoms with Crippen LogP contribution in [0.2, 0.25) is 0 Å². The maximum Gasteiger partial charge on any atom is 0.253 e. The number of amides is 1. The molecule has 2 aromatic heterocycles. The second-order valence-electron chi connectivity index (χ2n) is 7.44. The third kappa shape index (κ3) is 5.03. The molecule has 7 nitrogen and oxygen atoms in total. The van der Waals surface area contributed by atoms with Gasteiger partial charge in [-0.3, -0.25) is 14.2 Å². The number of rotatable bonds is 8. The Morgan fingerprint density at radius 3 is 2.81 bits per heavy atom. The number of carbonyl (C=O) groups excluding carboxylic acids is 1. The molecule has 0 radical (unpaired) electrons. The number of ether oxygens (including phenoxy) is 2. The lowest BCUT2D eigenvalue weighted by atomic mass is 9.93. The van der Waals surface area contributed by atoms with Gasteiger partial charge in [0.25, 0.3) is 5.91 Å². The normalized spacial score (nSPS) is 14.9. The first-order valence-corrected chi connectivity index (χ1v) is 10.4. The second-order valence-corrected chi connectivity index (χ2v) is 7.44. The summed E-state index contributed by atoms with van der Waals surface area (Å²) in [6, 6.07) is 12.6. The number of halogens is 1. The highest BCUT2D eigenvalue weighted by Crippen LogP contribution is 2.34. The van der Waals surface area contributed by atoms with E-state index in [1.165, 1.54) is 6.20 Å². The Kier molecular flexibility index (Phi) is 6.91. The zero-order valence-corrected chi connectivity index (χ0v) is 17.5. The molecule has 1 aliphatic heterocycles. The molecule has 166 valence electrons. The molecule has 2 N–H and O–H groups in total. The molecular formula is C24H24FN3O4. The molecule has 0 bridgehead atoms. The van der Waals surface area contributed by atoms with Crippen LogP contribution < -0.4 is 14.8 Å². The standard InChI is InChI=1S/C24H24FN3O4/c25-9-2-10-31-23-8-6-17(13-27-23)24(30)28-19-11-21-20(3-1-4-22(21)32-15-19)16-5-7-18(14-29)26-12-16/h1,3-8,12-13,19,29H,2,9-11,14-15H2,(H,28,30)/t19-/m0/s1. The van der Waals surface area contributed by atoms with Crippen LogP contribution in [0.25, 0.3) is 11.1 Å². The van der Waals surface area contributed by atoms with Crippen LogP contribution >= 0.6 is 0 Å². The van der Waals surface area contributed by atoms with Gasteiger partial charge in [-0.15, -0.1) is 0 Å². The van der Waals surface area contributed by atoms with E-state index in [0.717, 1.165) is 22.4 Å². The number of benzene rings is 1. The molecule has 1 amide bonds. The van der Waals surface area contributed by atoms with E-state index in [-0.39, 0.29) is 25.2 Å². The third-order valence-corrected chi connectivity index (χ3v) is 5.18. The highest BCUT2D eigenvalue weighted by atomic mass is 19.1. The molecular weight excluding hydrogens is 413 g/mol. The quantitative estimate of drug-likeness (QED) is 0.526. The van der Waals surface area contributed by atoms with E-state index >= 15 is 0 Å². The van der Waals surface area contributed by atoms with Crippen LogP contribution in [0.1, 0.15) is 28.0 Å². The van der Waals surface area contributed by atoms with Crippen LogP contribution in [0.15, 0.2) is 54.9 Å². The molecule has 0 fully saturated rings. The SMILES string of the molecule is O=C(N[C@@H]1COc2cccc(-c3ccc(CO)nc3)c2C1)c1ccc(OCCCF)nc1. The number of hydrogen-bond acceptors (Lipinski definition) is 6. The van der Waals surface area contributed by atoms with E-state index in [4.69, 9.17) is 9.47 Å². The summed E-state index contributed by atoms with van der Waals surface area (Å²) in [5.74, 6) is 0.891. The van der Waals surface area contributed by atoms with Crippen LogP contribution in [-0.2, 0) is 13.0 Å². The van der Waals surface area contributed by atoms with Gasteiger partial charge in [0.05, 0.1) is 37.2 Å². The van der Waals surface area contributed by atoms with Crippen molar-refractivity contribution in [2.75, 3.05) is 19.9 Å². The van der Waals surface area contributed by atoms with Crippen LogP contribution in [0, 0.1) is 0 Å². The summed E-state index contributed by atoms with van der Waals surface area (Å²) in [5.41, 5.74) is 3.91. The summed E-state index contributed by atoms with van der Waals surface area (Å²) in [6.45, 7) is 0.0550. The Balaban J connectivity index is 1.44. The lowest BCUT2D eigenvalue weighted by Crippen LogP contribution is -2.42. The van der Waals surface area contributed by atoms with Gasteiger partial charge in [0.1, 0.15) is 12.4 Å². The number of aromatic nitrogens is 2. The van der Waals surface area contributed by atoms with Gasteiger partial charge < -0.3 is 19.9 Å². The maximum absolute atomic E-state index is 12.7. The largest absolute Gasteiger partial charge is 0.491 e. The molecule has 0 aliphatic carbocycles. The number of hydrogen-bond donors (Lipinski definition) is 2. The molecule has 1 aliphatic rings. The topological polar surface area (TPSA) is 93.6 Å². The average Bonchev–Trinajstić information content (AvgIpc) is 2.84. The summed E-state index contributed by atoms with van der Waals surface area (Å²) in [5, 5.41) is 12.2. The Hall–Kier alpha value is -3.52. The number of aliphatic hydroxyl groups is 1. The number of nitrogens with one attached hydrogen (secondary N) is 1. The fourth-order valence-electron chi connectivity index (χ4n) is 3.55. The van der Waals surface area contributed by atoms with Crippen molar-refractivity contribution < 1.29 is 23.8 Å². The number of fused-ring (bicyclic) bond motifs is 1. The van der Waals surface area contributed by atoms with E-state index in [0.29, 0.717) is 36.6 Å². The number of nitrogens with zero attached hydrogens (tertiary/aromatic N) is 2. The van der Waals surface area contributed by atoms with Crippen molar-refractivity contribution >= 4 is 5.91 Å². The minimum atomic E-state index is -0.445. The monoisotopic (exact) mass is 437 g/mol. The Morgan fingerprint density at radius 2 is 2.09 bits per heavy atom. The average molecular weight is 437 g/mol. The minimum Gasteiger partial charge on any atom is -0.491 e. The number of carbonyl (C=O) groups is 1. The molecule has 0 unspecified atom stereocenters. The molecule has 0 spiro atoms. The van der Waals surface area contributed by atoms with Crippen molar-refractivity contribution in [3.63, 3.8) is 0 Å². The molecule has 0 saturated heterocycles. The van der Waals surface area contributed by atoms with E-state index in [9.17, 15) is 14.3 Å². The Labute approximate surface area is 185 Å². The number of alkyl halides is 1. The molecule has 3 heterocycles. The predicted molar refractivity (Wildman–Crippen MR) is 116 cm³/mol. The van der Waals surface area contributed by atoms with Crippen LogP contribution in [0.4, 0.5) is 4.39 Å². The first-order chi connectivity index (χ1) is 15.7. The lowest BCUT2D eigenvalue weighted by molar-refractivity contribution is 0.0915. The van der Waals surface area contributed by atoms with Gasteiger partial charge in [0.15, 0.2) is 0 Å². The van der Waals surface area contributed by atoms with Crippen LogP contribution in [-0.4, -0.2) is 46.9 Å². The molecule has 1 atom stereocenters. The van der Waals surface area contributed by atoms with Gasteiger partial charge in [0, 0.05) is 42.4 Å². The van der Waals surface area contributed by atoms with Gasteiger partial charge in [0.2, 0.25) is 5.88 Å². The van der Waals surface area contributed by atoms with Gasteiger partial charge in [-0.25, -0.2) is 4.98 Å². The van der Waals surface area contributed by atoms with E-state index in [1.54, 1.807) is 24.4 Å². The van der Waals surface area contributed by atoms with Gasteiger partial charge >= 0.3 is 0 Å². The third-order valence-electron chi connectivity index (χ3n) is 5.18. The van der Waals surface area contributed by atoms with Crippen LogP contribution in [0.5, 0.6) is 11.6 Å². The molecule has 32 heavy (non-hydrogen) atoms. The fraction of sp³-hybridized carbons (Fsp3) is 0.292. The summed E-state index contributed by atoms with van der Waals surface area (Å²) in [4.78, 5) is 21.1. The van der Waals surface area contributed by atoms with Gasteiger partial charge in [-0.1, -0.05) is 18.2 Å². The van der Waals surface area contributed by atoms with Crippen molar-refractivity contribution in [3.05, 3.63) is 71.7 Å². The van der Waals surface area contributed by atoms with Gasteiger partial charge in [-0.05, 0) is 23.8 Å². The predicted octanol–water partition coefficient (Wildman–Crippen LogP) is 3.11. The van der Waals surface area contributed by atoms with Crippen molar-refractivity contribution in [2.45, 2.75) is 25.5 Å². The smallest absolute Gasteiger partial charge is 0.253 e. The zero-order chi connectivity index (χ0) is 22.3. The highest BCUT2D eigenvalue weighted by molar-refractivity contribution is 5.94. The lowest BCUT2D eigenvalue weighted by Gasteiger charge is -2.28. The van der Waals surface area contributed by atoms with Crippen LogP contribution in [0.3, 0.4) is 0 Å². The van der Waals surface area contributed by atoms with E-state index < -0.39 is 6.67 Å². The molecule has 1 aromatic carbocycles. The molecule has 0 saturated carbocycles. The fourth-order valence-corrected chi connectivity index (χ4v) is 3.55. The zero-order valence-electron chi connectivity index (χ0n) is 17.5. The van der Waals surface area contributed by atoms with Crippen molar-refractivity contribution in [1.29, 1.82) is 0 Å². The van der Waals surface area contributed by atoms with Crippen molar-refractivity contribution in [1.82, 2.24) is 15.3 Å². The summed E-state index contributed by atoms with van der Waals surface area (Å²) < 4.78 is 23.4. The highest BCUT2D eigenvalue weighted by Gasteiger charge is 2.24. The molecule has 4 rings (SSSR count). The number of aliphatic hydroxyl groups excluding tert-OH is 1. The first kappa shape index (κ1) is 21.7. The minimum absolute atomic E-state index is 0.107. The molecule has 3 aromatic rings. The molecule has 8 heteroatoms. The second kappa shape index (κ2) is 10.2. The summed E-state index contributed by atoms with van der Waals surface area (Å²) in [7, 11) is 0.